The molecule has 5 rings (SSSR count). The molecule has 1 atom stereocenters. The van der Waals surface area contributed by atoms with Gasteiger partial charge in [-0.25, -0.2) is 0 Å². The maximum absolute atomic E-state index is 13.3. The predicted octanol–water partition coefficient (Wildman–Crippen LogP) is 5.44. The highest BCUT2D eigenvalue weighted by atomic mass is 16.5. The van der Waals surface area contributed by atoms with Crippen molar-refractivity contribution in [2.75, 3.05) is 33.4 Å². The summed E-state index contributed by atoms with van der Waals surface area (Å²) in [6.07, 6.45) is 6.65. The summed E-state index contributed by atoms with van der Waals surface area (Å²) in [5.74, 6) is 0.882. The van der Waals surface area contributed by atoms with E-state index in [2.05, 4.69) is 46.3 Å². The molecule has 1 unspecified atom stereocenters. The molecule has 2 aromatic heterocycles. The second kappa shape index (κ2) is 12.2. The van der Waals surface area contributed by atoms with Gasteiger partial charge in [0, 0.05) is 57.1 Å². The topological polar surface area (TPSA) is 58.8 Å². The number of benzene rings is 2. The fourth-order valence-electron chi connectivity index (χ4n) is 5.48. The summed E-state index contributed by atoms with van der Waals surface area (Å²) in [7, 11) is 1.76. The van der Waals surface area contributed by atoms with Crippen molar-refractivity contribution in [3.05, 3.63) is 102 Å². The highest BCUT2D eigenvalue weighted by Crippen LogP contribution is 2.29. The van der Waals surface area contributed by atoms with Gasteiger partial charge >= 0.3 is 0 Å². The molecule has 6 heteroatoms. The van der Waals surface area contributed by atoms with Crippen LogP contribution < -0.4 is 0 Å². The fourth-order valence-corrected chi connectivity index (χ4v) is 5.48. The lowest BCUT2D eigenvalue weighted by atomic mass is 9.84. The molecule has 0 N–H and O–H groups in total. The Kier molecular flexibility index (Phi) is 8.28. The number of ether oxygens (including phenoxy) is 1. The average molecular weight is 498 g/mol. The number of nitrogens with zero attached hydrogens (tertiary/aromatic N) is 3. The zero-order valence-corrected chi connectivity index (χ0v) is 21.5. The number of piperidine rings is 1. The second-order valence-electron chi connectivity index (χ2n) is 9.86. The smallest absolute Gasteiger partial charge is 0.289 e. The maximum Gasteiger partial charge on any atom is 0.289 e. The van der Waals surface area contributed by atoms with Crippen LogP contribution >= 0.6 is 0 Å². The van der Waals surface area contributed by atoms with E-state index in [4.69, 9.17) is 9.15 Å². The number of carbonyl (C=O) groups excluding carboxylic acids is 1. The Morgan fingerprint density at radius 3 is 2.54 bits per heavy atom. The monoisotopic (exact) mass is 497 g/mol. The standard InChI is InChI=1S/C31H35N3O3/c1-36-19-18-34(23-25-10-7-15-32-22-25)28(20-24-8-3-2-4-9-24)26-13-16-33(17-14-26)31(35)30-21-27-11-5-6-12-29(27)37-30/h2-12,15,21-22,26,28H,13-14,16-20,23H2,1H3. The summed E-state index contributed by atoms with van der Waals surface area (Å²) >= 11 is 0. The van der Waals surface area contributed by atoms with Gasteiger partial charge in [0.15, 0.2) is 5.76 Å². The molecular formula is C31H35N3O3. The Morgan fingerprint density at radius 2 is 1.81 bits per heavy atom. The maximum atomic E-state index is 13.3. The SMILES string of the molecule is COCCN(Cc1cccnc1)C(Cc1ccccc1)C1CCN(C(=O)c2cc3ccccc3o2)CC1. The molecule has 0 bridgehead atoms. The lowest BCUT2D eigenvalue weighted by Crippen LogP contribution is -2.48. The molecule has 37 heavy (non-hydrogen) atoms. The number of carbonyl (C=O) groups is 1. The third-order valence-electron chi connectivity index (χ3n) is 7.46. The summed E-state index contributed by atoms with van der Waals surface area (Å²) in [5.41, 5.74) is 3.30. The molecule has 1 amide bonds. The fraction of sp³-hybridized carbons (Fsp3) is 0.355. The summed E-state index contributed by atoms with van der Waals surface area (Å²) in [4.78, 5) is 22.1. The third-order valence-corrected chi connectivity index (χ3v) is 7.46. The molecule has 3 heterocycles. The van der Waals surface area contributed by atoms with Crippen molar-refractivity contribution in [2.45, 2.75) is 31.8 Å². The average Bonchev–Trinajstić information content (AvgIpc) is 3.39. The Labute approximate surface area is 218 Å². The summed E-state index contributed by atoms with van der Waals surface area (Å²) < 4.78 is 11.4. The Balaban J connectivity index is 1.32. The first-order chi connectivity index (χ1) is 18.2. The van der Waals surface area contributed by atoms with E-state index in [-0.39, 0.29) is 5.91 Å². The van der Waals surface area contributed by atoms with Crippen LogP contribution in [0.1, 0.15) is 34.5 Å². The highest BCUT2D eigenvalue weighted by Gasteiger charge is 2.33. The normalized spacial score (nSPS) is 15.4. The van der Waals surface area contributed by atoms with Gasteiger partial charge in [0.25, 0.3) is 5.91 Å². The van der Waals surface area contributed by atoms with E-state index in [1.54, 1.807) is 7.11 Å². The molecule has 1 aliphatic rings. The number of hydrogen-bond acceptors (Lipinski definition) is 5. The van der Waals surface area contributed by atoms with Gasteiger partial charge in [0.1, 0.15) is 5.58 Å². The van der Waals surface area contributed by atoms with Gasteiger partial charge < -0.3 is 14.1 Å². The molecule has 192 valence electrons. The molecule has 0 saturated carbocycles. The number of fused-ring (bicyclic) bond motifs is 1. The predicted molar refractivity (Wildman–Crippen MR) is 145 cm³/mol. The van der Waals surface area contributed by atoms with Gasteiger partial charge in [-0.3, -0.25) is 14.7 Å². The minimum Gasteiger partial charge on any atom is -0.451 e. The van der Waals surface area contributed by atoms with Crippen LogP contribution in [0.15, 0.2) is 89.6 Å². The highest BCUT2D eigenvalue weighted by molar-refractivity contribution is 5.96. The van der Waals surface area contributed by atoms with Crippen LogP contribution in [0.4, 0.5) is 0 Å². The number of para-hydroxylation sites is 1. The van der Waals surface area contributed by atoms with Gasteiger partial charge in [-0.2, -0.15) is 0 Å². The molecule has 1 saturated heterocycles. The largest absolute Gasteiger partial charge is 0.451 e. The van der Waals surface area contributed by atoms with E-state index in [0.717, 1.165) is 56.4 Å². The lowest BCUT2D eigenvalue weighted by Gasteiger charge is -2.41. The third kappa shape index (κ3) is 6.27. The number of amides is 1. The van der Waals surface area contributed by atoms with Crippen LogP contribution in [0.25, 0.3) is 11.0 Å². The first-order valence-electron chi connectivity index (χ1n) is 13.1. The Bertz CT molecular complexity index is 1230. The number of hydrogen-bond donors (Lipinski definition) is 0. The van der Waals surface area contributed by atoms with Crippen molar-refractivity contribution >= 4 is 16.9 Å². The van der Waals surface area contributed by atoms with E-state index in [9.17, 15) is 4.79 Å². The summed E-state index contributed by atoms with van der Waals surface area (Å²) in [6.45, 7) is 3.82. The molecule has 0 spiro atoms. The van der Waals surface area contributed by atoms with Crippen LogP contribution in [0.3, 0.4) is 0 Å². The van der Waals surface area contributed by atoms with Gasteiger partial charge in [0.2, 0.25) is 0 Å². The van der Waals surface area contributed by atoms with Crippen LogP contribution in [0.5, 0.6) is 0 Å². The number of methoxy groups -OCH3 is 1. The summed E-state index contributed by atoms with van der Waals surface area (Å²) in [5, 5.41) is 0.966. The van der Waals surface area contributed by atoms with Crippen LogP contribution in [-0.2, 0) is 17.7 Å². The van der Waals surface area contributed by atoms with E-state index in [0.29, 0.717) is 24.3 Å². The van der Waals surface area contributed by atoms with E-state index in [1.165, 1.54) is 11.1 Å². The van der Waals surface area contributed by atoms with Gasteiger partial charge in [0.05, 0.1) is 6.61 Å². The molecule has 0 radical (unpaired) electrons. The number of likely N-dealkylation sites (tertiary alicyclic amines) is 1. The molecule has 0 aliphatic carbocycles. The van der Waals surface area contributed by atoms with Gasteiger partial charge in [-0.05, 0) is 54.5 Å². The Morgan fingerprint density at radius 1 is 1.05 bits per heavy atom. The molecule has 4 aromatic rings. The molecule has 2 aromatic carbocycles. The molecule has 1 aliphatic heterocycles. The van der Waals surface area contributed by atoms with Gasteiger partial charge in [-0.15, -0.1) is 0 Å². The number of pyridine rings is 1. The zero-order chi connectivity index (χ0) is 25.5. The molecule has 1 fully saturated rings. The van der Waals surface area contributed by atoms with Crippen molar-refractivity contribution in [2.24, 2.45) is 5.92 Å². The Hall–Kier alpha value is -3.48. The minimum atomic E-state index is -0.0131. The number of aromatic nitrogens is 1. The minimum absolute atomic E-state index is 0.0131. The van der Waals surface area contributed by atoms with Crippen LogP contribution in [0.2, 0.25) is 0 Å². The van der Waals surface area contributed by atoms with E-state index < -0.39 is 0 Å². The van der Waals surface area contributed by atoms with Crippen LogP contribution in [0, 0.1) is 5.92 Å². The lowest BCUT2D eigenvalue weighted by molar-refractivity contribution is 0.0468. The van der Waals surface area contributed by atoms with Crippen molar-refractivity contribution in [1.82, 2.24) is 14.8 Å². The zero-order valence-electron chi connectivity index (χ0n) is 21.5. The van der Waals surface area contributed by atoms with Crippen molar-refractivity contribution < 1.29 is 13.9 Å². The first-order valence-corrected chi connectivity index (χ1v) is 13.1. The van der Waals surface area contributed by atoms with Crippen molar-refractivity contribution in [3.63, 3.8) is 0 Å². The summed E-state index contributed by atoms with van der Waals surface area (Å²) in [6, 6.07) is 24.8. The van der Waals surface area contributed by atoms with E-state index in [1.807, 2.05) is 53.7 Å². The van der Waals surface area contributed by atoms with Crippen LogP contribution in [-0.4, -0.2) is 60.1 Å². The first kappa shape index (κ1) is 25.2. The molecule has 6 nitrogen and oxygen atoms in total. The second-order valence-corrected chi connectivity index (χ2v) is 9.86. The number of furan rings is 1. The number of rotatable bonds is 10. The van der Waals surface area contributed by atoms with Gasteiger partial charge in [-0.1, -0.05) is 54.6 Å². The quantitative estimate of drug-likeness (QED) is 0.292. The van der Waals surface area contributed by atoms with Crippen molar-refractivity contribution in [1.29, 1.82) is 0 Å². The molecular weight excluding hydrogens is 462 g/mol. The van der Waals surface area contributed by atoms with Crippen molar-refractivity contribution in [3.8, 4) is 0 Å². The van der Waals surface area contributed by atoms with E-state index >= 15 is 0 Å².